The van der Waals surface area contributed by atoms with Gasteiger partial charge in [-0.15, -0.1) is 0 Å². The van der Waals surface area contributed by atoms with Crippen molar-refractivity contribution >= 4 is 52.1 Å². The van der Waals surface area contributed by atoms with Gasteiger partial charge in [-0.1, -0.05) is 0 Å². The number of aliphatic imine (C=N–C) groups is 2. The quantitative estimate of drug-likeness (QED) is 0.211. The highest BCUT2D eigenvalue weighted by Gasteiger charge is 2.30. The Morgan fingerprint density at radius 1 is 1.25 bits per heavy atom. The number of quaternary nitrogens is 1. The Kier molecular flexibility index (Phi) is 6.53. The molecule has 40 heavy (non-hydrogen) atoms. The van der Waals surface area contributed by atoms with E-state index in [-0.39, 0.29) is 17.7 Å². The molecule has 1 atom stereocenters. The Morgan fingerprint density at radius 2 is 2.05 bits per heavy atom. The number of amidine groups is 2. The molecule has 2 aromatic heterocycles. The lowest BCUT2D eigenvalue weighted by molar-refractivity contribution is -0.409. The number of piperazine rings is 1. The van der Waals surface area contributed by atoms with Gasteiger partial charge < -0.3 is 15.5 Å². The number of nitrogens with two attached hydrogens (primary N) is 2. The number of fused-ring (bicyclic) bond motifs is 2. The molecule has 206 valence electrons. The van der Waals surface area contributed by atoms with Crippen molar-refractivity contribution < 1.29 is 9.71 Å². The molecule has 0 bridgehead atoms. The maximum absolute atomic E-state index is 15.0. The first kappa shape index (κ1) is 25.7. The van der Waals surface area contributed by atoms with Crippen molar-refractivity contribution in [3.63, 3.8) is 0 Å². The van der Waals surface area contributed by atoms with E-state index in [0.717, 1.165) is 54.9 Å². The number of halogens is 1. The van der Waals surface area contributed by atoms with Gasteiger partial charge in [0.25, 0.3) is 0 Å². The minimum atomic E-state index is -0.386. The van der Waals surface area contributed by atoms with Crippen LogP contribution in [0.1, 0.15) is 11.3 Å². The zero-order chi connectivity index (χ0) is 28.0. The van der Waals surface area contributed by atoms with Gasteiger partial charge in [-0.2, -0.15) is 20.2 Å². The third-order valence-corrected chi connectivity index (χ3v) is 7.56. The summed E-state index contributed by atoms with van der Waals surface area (Å²) in [6.45, 7) is 6.39. The van der Waals surface area contributed by atoms with Crippen LogP contribution in [0, 0.1) is 18.2 Å². The van der Waals surface area contributed by atoms with Gasteiger partial charge >= 0.3 is 18.0 Å². The molecule has 1 aromatic carbocycles. The van der Waals surface area contributed by atoms with Crippen LogP contribution in [-0.4, -0.2) is 105 Å². The van der Waals surface area contributed by atoms with E-state index < -0.39 is 0 Å². The first-order valence-corrected chi connectivity index (χ1v) is 13.1. The molecule has 1 fully saturated rings. The third-order valence-electron chi connectivity index (χ3n) is 7.56. The van der Waals surface area contributed by atoms with E-state index in [4.69, 9.17) is 11.1 Å². The highest BCUT2D eigenvalue weighted by molar-refractivity contribution is 6.11. The number of likely N-dealkylation sites (N-methyl/N-ethyl adjacent to an activating group) is 1. The topological polar surface area (TPSA) is 151 Å². The molecule has 0 radical (unpaired) electrons. The van der Waals surface area contributed by atoms with E-state index in [0.29, 0.717) is 29.8 Å². The summed E-state index contributed by atoms with van der Waals surface area (Å²) >= 11 is 0. The van der Waals surface area contributed by atoms with Crippen molar-refractivity contribution in [3.05, 3.63) is 41.6 Å². The summed E-state index contributed by atoms with van der Waals surface area (Å²) in [6.07, 6.45) is 5.03. The zero-order valence-corrected chi connectivity index (χ0v) is 22.7. The highest BCUT2D eigenvalue weighted by Crippen LogP contribution is 2.28. The van der Waals surface area contributed by atoms with Gasteiger partial charge in [-0.25, -0.2) is 14.4 Å². The molecule has 3 aromatic rings. The molecule has 0 amide bonds. The summed E-state index contributed by atoms with van der Waals surface area (Å²) in [5.41, 5.74) is 9.18. The second-order valence-electron chi connectivity index (χ2n) is 10.2. The highest BCUT2D eigenvalue weighted by atomic mass is 19.1. The molecule has 0 saturated carbocycles. The Morgan fingerprint density at radius 3 is 2.83 bits per heavy atom. The number of aromatic nitrogens is 4. The van der Waals surface area contributed by atoms with Crippen LogP contribution < -0.4 is 20.6 Å². The van der Waals surface area contributed by atoms with Crippen molar-refractivity contribution in [2.24, 2.45) is 22.8 Å². The predicted molar refractivity (Wildman–Crippen MR) is 153 cm³/mol. The Balaban J connectivity index is 1.11. The van der Waals surface area contributed by atoms with Crippen LogP contribution in [0.3, 0.4) is 0 Å². The number of nitrogens with one attached hydrogen (secondary N) is 1. The largest absolute Gasteiger partial charge is 0.367 e. The lowest BCUT2D eigenvalue weighted by Gasteiger charge is -2.36. The summed E-state index contributed by atoms with van der Waals surface area (Å²) in [7, 11) is 3.68. The van der Waals surface area contributed by atoms with E-state index >= 15 is 0 Å². The fraction of sp³-hybridized carbons (Fsp3) is 0.385. The van der Waals surface area contributed by atoms with Crippen LogP contribution in [0.4, 0.5) is 15.9 Å². The Bertz CT molecular complexity index is 1660. The number of anilines is 1. The third kappa shape index (κ3) is 4.69. The van der Waals surface area contributed by atoms with Crippen LogP contribution in [0.15, 0.2) is 34.5 Å². The lowest BCUT2D eigenvalue weighted by atomic mass is 10.1. The molecule has 3 aliphatic heterocycles. The summed E-state index contributed by atoms with van der Waals surface area (Å²) in [6, 6.07) is 3.12. The Labute approximate surface area is 230 Å². The number of hydrogen-bond acceptors (Lipinski definition) is 8. The molecule has 5 N–H and O–H groups in total. The predicted octanol–water partition coefficient (Wildman–Crippen LogP) is -1.08. The average Bonchev–Trinajstić information content (AvgIpc) is 3.46. The van der Waals surface area contributed by atoms with E-state index in [9.17, 15) is 4.39 Å². The van der Waals surface area contributed by atoms with E-state index in [1.165, 1.54) is 0 Å². The second-order valence-corrected chi connectivity index (χ2v) is 10.2. The van der Waals surface area contributed by atoms with Crippen molar-refractivity contribution in [3.8, 4) is 0 Å². The van der Waals surface area contributed by atoms with Crippen molar-refractivity contribution in [1.29, 1.82) is 5.41 Å². The van der Waals surface area contributed by atoms with Crippen LogP contribution in [-0.2, 0) is 13.6 Å². The average molecular weight is 546 g/mol. The van der Waals surface area contributed by atoms with E-state index in [1.807, 2.05) is 36.7 Å². The molecule has 14 heteroatoms. The van der Waals surface area contributed by atoms with Gasteiger partial charge in [0, 0.05) is 58.3 Å². The maximum Gasteiger partial charge on any atom is 0.328 e. The number of hydrogen-bond donors (Lipinski definition) is 3. The number of benzene rings is 1. The van der Waals surface area contributed by atoms with Crippen LogP contribution >= 0.6 is 0 Å². The monoisotopic (exact) mass is 545 g/mol. The number of rotatable bonds is 5. The molecule has 1 saturated heterocycles. The molecule has 5 heterocycles. The van der Waals surface area contributed by atoms with Crippen molar-refractivity contribution in [2.45, 2.75) is 19.5 Å². The molecular formula is C26H32FN13+2. The smallest absolute Gasteiger partial charge is 0.328 e. The van der Waals surface area contributed by atoms with E-state index in [1.54, 1.807) is 34.7 Å². The fourth-order valence-electron chi connectivity index (χ4n) is 5.32. The van der Waals surface area contributed by atoms with Crippen LogP contribution in [0.5, 0.6) is 0 Å². The molecule has 0 aliphatic carbocycles. The van der Waals surface area contributed by atoms with Gasteiger partial charge in [0.1, 0.15) is 17.6 Å². The first-order chi connectivity index (χ1) is 19.3. The molecule has 0 spiro atoms. The standard InChI is InChI=1S/C26H31FN13/c1-16-17-12-21(19(27)13-20(17)37(3)35-16)39-9-6-38(7-10-39)8-11-40-25-18(14-31-40)24(33-26(29)34-25)32-23(28)22-15-30-4-5-36(22)2/h5,12-15,22H,6-11H2,1-3H3,(H4,28,29,32,33,34)/q+1/p+1. The summed E-state index contributed by atoms with van der Waals surface area (Å²) < 4.78 is 22.5. The van der Waals surface area contributed by atoms with Crippen LogP contribution in [0.25, 0.3) is 10.9 Å². The summed E-state index contributed by atoms with van der Waals surface area (Å²) in [4.78, 5) is 15.3. The minimum Gasteiger partial charge on any atom is -0.367 e. The van der Waals surface area contributed by atoms with Gasteiger partial charge in [0.05, 0.1) is 29.6 Å². The molecule has 1 unspecified atom stereocenters. The van der Waals surface area contributed by atoms with Gasteiger partial charge in [-0.3, -0.25) is 15.0 Å². The SMILES string of the molecule is Cc1nn(C)c2cc(F)c(N3CCN(CCn4ncc5c4N=C(N)[NH2+]C5=NC(=N)C4C=[N+]=C=CN4C)CC3)cc12. The molecule has 6 rings (SSSR count). The minimum absolute atomic E-state index is 0.135. The van der Waals surface area contributed by atoms with Crippen LogP contribution in [0.2, 0.25) is 0 Å². The lowest BCUT2D eigenvalue weighted by Crippen LogP contribution is -2.95. The number of aryl methyl sites for hydroxylation is 2. The summed E-state index contributed by atoms with van der Waals surface area (Å²) in [5, 5.41) is 20.1. The fourth-order valence-corrected chi connectivity index (χ4v) is 5.32. The van der Waals surface area contributed by atoms with Crippen molar-refractivity contribution in [2.75, 3.05) is 44.7 Å². The number of nitrogens with zero attached hydrogens (tertiary/aromatic N) is 10. The first-order valence-electron chi connectivity index (χ1n) is 13.1. The Hall–Kier alpha value is -4.61. The van der Waals surface area contributed by atoms with Gasteiger partial charge in [0.15, 0.2) is 17.7 Å². The van der Waals surface area contributed by atoms with Crippen molar-refractivity contribution in [1.82, 2.24) is 34.0 Å². The zero-order valence-electron chi connectivity index (χ0n) is 22.7. The second kappa shape index (κ2) is 10.2. The maximum atomic E-state index is 15.0. The normalized spacial score (nSPS) is 20.1. The molecule has 3 aliphatic rings. The van der Waals surface area contributed by atoms with E-state index in [2.05, 4.69) is 40.5 Å². The molecular weight excluding hydrogens is 513 g/mol. The van der Waals surface area contributed by atoms with Gasteiger partial charge in [0.2, 0.25) is 5.84 Å². The molecule has 13 nitrogen and oxygen atoms in total. The summed E-state index contributed by atoms with van der Waals surface area (Å²) in [5.74, 6) is 4.16. The van der Waals surface area contributed by atoms with Gasteiger partial charge in [-0.05, 0) is 17.7 Å². The number of guanidine groups is 1.